The monoisotopic (exact) mass is 307 g/mol. The van der Waals surface area contributed by atoms with Crippen molar-refractivity contribution in [2.75, 3.05) is 25.6 Å². The SMILES string of the molecule is O=C(c1cc2ccccc2o1)N1CCC(OCCCl)CC1. The highest BCUT2D eigenvalue weighted by Gasteiger charge is 2.25. The predicted octanol–water partition coefficient (Wildman–Crippen LogP) is 3.29. The number of carbonyl (C=O) groups excluding carboxylic acids is 1. The fourth-order valence-electron chi connectivity index (χ4n) is 2.68. The Hall–Kier alpha value is -1.52. The number of likely N-dealkylation sites (tertiary alicyclic amines) is 1. The van der Waals surface area contributed by atoms with Crippen LogP contribution in [0.15, 0.2) is 34.7 Å². The van der Waals surface area contributed by atoms with E-state index in [0.717, 1.165) is 23.8 Å². The molecule has 0 saturated carbocycles. The van der Waals surface area contributed by atoms with Crippen LogP contribution < -0.4 is 0 Å². The smallest absolute Gasteiger partial charge is 0.289 e. The number of halogens is 1. The summed E-state index contributed by atoms with van der Waals surface area (Å²) in [5.41, 5.74) is 0.751. The van der Waals surface area contributed by atoms with Crippen molar-refractivity contribution in [1.29, 1.82) is 0 Å². The standard InChI is InChI=1S/C16H18ClNO3/c17-7-10-20-13-5-8-18(9-6-13)16(19)15-11-12-3-1-2-4-14(12)21-15/h1-4,11,13H,5-10H2. The molecule has 5 heteroatoms. The molecule has 1 saturated heterocycles. The second-order valence-electron chi connectivity index (χ2n) is 5.20. The first kappa shape index (κ1) is 14.4. The number of benzene rings is 1. The van der Waals surface area contributed by atoms with Gasteiger partial charge in [0.05, 0.1) is 12.7 Å². The number of hydrogen-bond donors (Lipinski definition) is 0. The zero-order valence-electron chi connectivity index (χ0n) is 11.8. The number of nitrogens with zero attached hydrogens (tertiary/aromatic N) is 1. The highest BCUT2D eigenvalue weighted by atomic mass is 35.5. The van der Waals surface area contributed by atoms with E-state index < -0.39 is 0 Å². The zero-order chi connectivity index (χ0) is 14.7. The summed E-state index contributed by atoms with van der Waals surface area (Å²) in [5, 5.41) is 0.959. The summed E-state index contributed by atoms with van der Waals surface area (Å²) < 4.78 is 11.3. The molecule has 2 heterocycles. The molecule has 1 aromatic carbocycles. The van der Waals surface area contributed by atoms with E-state index in [9.17, 15) is 4.79 Å². The molecule has 0 N–H and O–H groups in total. The third kappa shape index (κ3) is 3.22. The number of rotatable bonds is 4. The minimum absolute atomic E-state index is 0.0398. The van der Waals surface area contributed by atoms with Gasteiger partial charge in [-0.25, -0.2) is 0 Å². The van der Waals surface area contributed by atoms with Crippen LogP contribution in [0.3, 0.4) is 0 Å². The second-order valence-corrected chi connectivity index (χ2v) is 5.58. The summed E-state index contributed by atoms with van der Waals surface area (Å²) in [6, 6.07) is 9.47. The van der Waals surface area contributed by atoms with Crippen molar-refractivity contribution >= 4 is 28.5 Å². The van der Waals surface area contributed by atoms with Crippen molar-refractivity contribution in [2.24, 2.45) is 0 Å². The highest BCUT2D eigenvalue weighted by molar-refractivity contribution is 6.17. The van der Waals surface area contributed by atoms with Crippen molar-refractivity contribution in [3.63, 3.8) is 0 Å². The summed E-state index contributed by atoms with van der Waals surface area (Å²) in [4.78, 5) is 14.3. The van der Waals surface area contributed by atoms with E-state index in [1.165, 1.54) is 0 Å². The lowest BCUT2D eigenvalue weighted by Gasteiger charge is -2.31. The Balaban J connectivity index is 1.63. The van der Waals surface area contributed by atoms with Gasteiger partial charge in [0, 0.05) is 24.4 Å². The van der Waals surface area contributed by atoms with E-state index in [1.54, 1.807) is 0 Å². The highest BCUT2D eigenvalue weighted by Crippen LogP contribution is 2.22. The largest absolute Gasteiger partial charge is 0.451 e. The predicted molar refractivity (Wildman–Crippen MR) is 81.8 cm³/mol. The Morgan fingerprint density at radius 1 is 1.33 bits per heavy atom. The van der Waals surface area contributed by atoms with Gasteiger partial charge in [-0.15, -0.1) is 11.6 Å². The maximum Gasteiger partial charge on any atom is 0.289 e. The van der Waals surface area contributed by atoms with Crippen LogP contribution >= 0.6 is 11.6 Å². The van der Waals surface area contributed by atoms with Crippen LogP contribution in [0.4, 0.5) is 0 Å². The number of piperidine rings is 1. The lowest BCUT2D eigenvalue weighted by atomic mass is 10.1. The average molecular weight is 308 g/mol. The number of fused-ring (bicyclic) bond motifs is 1. The van der Waals surface area contributed by atoms with Crippen LogP contribution in [0.2, 0.25) is 0 Å². The van der Waals surface area contributed by atoms with Gasteiger partial charge in [-0.1, -0.05) is 18.2 Å². The summed E-state index contributed by atoms with van der Waals surface area (Å²) in [7, 11) is 0. The van der Waals surface area contributed by atoms with Gasteiger partial charge in [0.15, 0.2) is 5.76 Å². The molecule has 0 unspecified atom stereocenters. The Labute approximate surface area is 128 Å². The van der Waals surface area contributed by atoms with Crippen LogP contribution in [-0.2, 0) is 4.74 Å². The molecule has 4 nitrogen and oxygen atoms in total. The number of para-hydroxylation sites is 1. The molecular weight excluding hydrogens is 290 g/mol. The van der Waals surface area contributed by atoms with Crippen LogP contribution in [0, 0.1) is 0 Å². The first-order valence-corrected chi connectivity index (χ1v) is 7.77. The number of carbonyl (C=O) groups is 1. The molecule has 2 aromatic rings. The molecule has 0 aliphatic carbocycles. The third-order valence-electron chi connectivity index (χ3n) is 3.80. The van der Waals surface area contributed by atoms with Crippen molar-refractivity contribution in [1.82, 2.24) is 4.90 Å². The van der Waals surface area contributed by atoms with E-state index in [-0.39, 0.29) is 12.0 Å². The van der Waals surface area contributed by atoms with Crippen LogP contribution in [0.1, 0.15) is 23.4 Å². The van der Waals surface area contributed by atoms with Gasteiger partial charge in [-0.2, -0.15) is 0 Å². The number of furan rings is 1. The van der Waals surface area contributed by atoms with Gasteiger partial charge < -0.3 is 14.1 Å². The van der Waals surface area contributed by atoms with Crippen molar-refractivity contribution in [3.05, 3.63) is 36.1 Å². The number of hydrogen-bond acceptors (Lipinski definition) is 3. The van der Waals surface area contributed by atoms with E-state index in [4.69, 9.17) is 20.8 Å². The van der Waals surface area contributed by atoms with Crippen LogP contribution in [0.25, 0.3) is 11.0 Å². The number of amides is 1. The van der Waals surface area contributed by atoms with Crippen LogP contribution in [0.5, 0.6) is 0 Å². The summed E-state index contributed by atoms with van der Waals surface area (Å²) >= 11 is 5.62. The fourth-order valence-corrected chi connectivity index (χ4v) is 2.77. The minimum Gasteiger partial charge on any atom is -0.451 e. The van der Waals surface area contributed by atoms with Gasteiger partial charge in [-0.3, -0.25) is 4.79 Å². The summed E-state index contributed by atoms with van der Waals surface area (Å²) in [5.74, 6) is 0.885. The molecular formula is C16H18ClNO3. The Bertz CT molecular complexity index is 584. The normalized spacial score (nSPS) is 16.5. The van der Waals surface area contributed by atoms with E-state index in [1.807, 2.05) is 35.2 Å². The first-order chi connectivity index (χ1) is 10.3. The maximum atomic E-state index is 12.5. The molecule has 0 spiro atoms. The molecule has 0 radical (unpaired) electrons. The average Bonchev–Trinajstić information content (AvgIpc) is 2.96. The van der Waals surface area contributed by atoms with Crippen molar-refractivity contribution in [3.8, 4) is 0 Å². The van der Waals surface area contributed by atoms with E-state index >= 15 is 0 Å². The second kappa shape index (κ2) is 6.50. The van der Waals surface area contributed by atoms with Gasteiger partial charge in [0.2, 0.25) is 0 Å². The molecule has 0 atom stereocenters. The van der Waals surface area contributed by atoms with E-state index in [0.29, 0.717) is 31.3 Å². The Kier molecular flexibility index (Phi) is 4.46. The third-order valence-corrected chi connectivity index (χ3v) is 3.95. The van der Waals surface area contributed by atoms with Gasteiger partial charge in [0.25, 0.3) is 5.91 Å². The number of alkyl halides is 1. The zero-order valence-corrected chi connectivity index (χ0v) is 12.5. The molecule has 21 heavy (non-hydrogen) atoms. The summed E-state index contributed by atoms with van der Waals surface area (Å²) in [6.45, 7) is 1.97. The Morgan fingerprint density at radius 2 is 2.10 bits per heavy atom. The Morgan fingerprint density at radius 3 is 2.81 bits per heavy atom. The number of ether oxygens (including phenoxy) is 1. The molecule has 112 valence electrons. The van der Waals surface area contributed by atoms with Crippen molar-refractivity contribution < 1.29 is 13.9 Å². The molecule has 0 bridgehead atoms. The molecule has 1 aliphatic heterocycles. The molecule has 3 rings (SSSR count). The molecule has 1 fully saturated rings. The quantitative estimate of drug-likeness (QED) is 0.814. The molecule has 1 amide bonds. The molecule has 1 aromatic heterocycles. The van der Waals surface area contributed by atoms with Crippen LogP contribution in [-0.4, -0.2) is 42.5 Å². The topological polar surface area (TPSA) is 42.7 Å². The maximum absolute atomic E-state index is 12.5. The van der Waals surface area contributed by atoms with Crippen molar-refractivity contribution in [2.45, 2.75) is 18.9 Å². The molecule has 1 aliphatic rings. The lowest BCUT2D eigenvalue weighted by molar-refractivity contribution is 0.0145. The lowest BCUT2D eigenvalue weighted by Crippen LogP contribution is -2.40. The fraction of sp³-hybridized carbons (Fsp3) is 0.438. The van der Waals surface area contributed by atoms with Gasteiger partial charge in [0.1, 0.15) is 5.58 Å². The van der Waals surface area contributed by atoms with Gasteiger partial charge >= 0.3 is 0 Å². The van der Waals surface area contributed by atoms with Gasteiger partial charge in [-0.05, 0) is 25.0 Å². The van der Waals surface area contributed by atoms with E-state index in [2.05, 4.69) is 0 Å². The first-order valence-electron chi connectivity index (χ1n) is 7.23. The minimum atomic E-state index is -0.0398. The summed E-state index contributed by atoms with van der Waals surface area (Å²) in [6.07, 6.45) is 1.91.